The quantitative estimate of drug-likeness (QED) is 0.828. The van der Waals surface area contributed by atoms with Gasteiger partial charge in [-0.1, -0.05) is 44.5 Å². The first kappa shape index (κ1) is 12.5. The highest BCUT2D eigenvalue weighted by molar-refractivity contribution is 7.89. The van der Waals surface area contributed by atoms with Gasteiger partial charge in [0.05, 0.1) is 5.02 Å². The molecule has 0 unspecified atom stereocenters. The Balaban J connectivity index is 3.51. The molecular formula is C10H14ClNO2S. The maximum absolute atomic E-state index is 11.2. The van der Waals surface area contributed by atoms with Gasteiger partial charge >= 0.3 is 0 Å². The molecule has 0 saturated heterocycles. The Bertz CT molecular complexity index is 475. The first-order chi connectivity index (χ1) is 6.64. The molecule has 5 heteroatoms. The van der Waals surface area contributed by atoms with Gasteiger partial charge in [0.25, 0.3) is 0 Å². The molecule has 15 heavy (non-hydrogen) atoms. The molecule has 0 aromatic heterocycles. The normalized spacial score (nSPS) is 12.9. The summed E-state index contributed by atoms with van der Waals surface area (Å²) in [4.78, 5) is -0.0170. The summed E-state index contributed by atoms with van der Waals surface area (Å²) in [5.41, 5.74) is 0.563. The minimum Gasteiger partial charge on any atom is -0.225 e. The number of hydrogen-bond acceptors (Lipinski definition) is 2. The molecule has 0 saturated carbocycles. The van der Waals surface area contributed by atoms with E-state index in [1.54, 1.807) is 12.1 Å². The van der Waals surface area contributed by atoms with E-state index in [1.165, 1.54) is 6.07 Å². The topological polar surface area (TPSA) is 60.2 Å². The average Bonchev–Trinajstić information content (AvgIpc) is 1.99. The largest absolute Gasteiger partial charge is 0.239 e. The monoisotopic (exact) mass is 247 g/mol. The Morgan fingerprint density at radius 2 is 1.80 bits per heavy atom. The van der Waals surface area contributed by atoms with Crippen LogP contribution in [0.4, 0.5) is 0 Å². The van der Waals surface area contributed by atoms with Crippen LogP contribution >= 0.6 is 11.6 Å². The molecule has 0 bridgehead atoms. The first-order valence-corrected chi connectivity index (χ1v) is 6.38. The van der Waals surface area contributed by atoms with Crippen LogP contribution in [0.25, 0.3) is 0 Å². The maximum Gasteiger partial charge on any atom is 0.239 e. The lowest BCUT2D eigenvalue weighted by molar-refractivity contribution is 0.584. The maximum atomic E-state index is 11.2. The second-order valence-corrected chi connectivity index (χ2v) is 6.32. The van der Waals surface area contributed by atoms with Crippen molar-refractivity contribution in [2.75, 3.05) is 0 Å². The zero-order valence-corrected chi connectivity index (χ0v) is 10.5. The van der Waals surface area contributed by atoms with Crippen molar-refractivity contribution in [1.82, 2.24) is 0 Å². The van der Waals surface area contributed by atoms with Crippen LogP contribution in [-0.2, 0) is 15.4 Å². The highest BCUT2D eigenvalue weighted by atomic mass is 35.5. The first-order valence-electron chi connectivity index (χ1n) is 4.46. The molecule has 2 N–H and O–H groups in total. The van der Waals surface area contributed by atoms with E-state index in [9.17, 15) is 8.42 Å². The summed E-state index contributed by atoms with van der Waals surface area (Å²) in [6.45, 7) is 5.88. The van der Waals surface area contributed by atoms with E-state index in [0.717, 1.165) is 5.56 Å². The Hall–Kier alpha value is -0.580. The van der Waals surface area contributed by atoms with Gasteiger partial charge in [-0.2, -0.15) is 0 Å². The summed E-state index contributed by atoms with van der Waals surface area (Å²) in [7, 11) is -3.75. The fraction of sp³-hybridized carbons (Fsp3) is 0.400. The predicted molar refractivity (Wildman–Crippen MR) is 61.5 cm³/mol. The van der Waals surface area contributed by atoms with E-state index >= 15 is 0 Å². The van der Waals surface area contributed by atoms with Crippen molar-refractivity contribution in [3.63, 3.8) is 0 Å². The summed E-state index contributed by atoms with van der Waals surface area (Å²) in [5.74, 6) is 0. The van der Waals surface area contributed by atoms with Gasteiger partial charge in [-0.25, -0.2) is 13.6 Å². The molecule has 0 heterocycles. The van der Waals surface area contributed by atoms with E-state index in [-0.39, 0.29) is 15.3 Å². The molecule has 0 atom stereocenters. The highest BCUT2D eigenvalue weighted by Crippen LogP contribution is 2.33. The van der Waals surface area contributed by atoms with E-state index in [4.69, 9.17) is 16.7 Å². The van der Waals surface area contributed by atoms with Crippen molar-refractivity contribution in [1.29, 1.82) is 0 Å². The number of sulfonamides is 1. The number of benzene rings is 1. The van der Waals surface area contributed by atoms with Crippen LogP contribution in [0.15, 0.2) is 23.1 Å². The summed E-state index contributed by atoms with van der Waals surface area (Å²) >= 11 is 6.02. The van der Waals surface area contributed by atoms with Gasteiger partial charge in [0.2, 0.25) is 10.0 Å². The molecule has 0 radical (unpaired) electrons. The van der Waals surface area contributed by atoms with E-state index in [0.29, 0.717) is 0 Å². The van der Waals surface area contributed by atoms with E-state index in [1.807, 2.05) is 20.8 Å². The summed E-state index contributed by atoms with van der Waals surface area (Å²) in [6.07, 6.45) is 0. The van der Waals surface area contributed by atoms with Crippen LogP contribution in [-0.4, -0.2) is 8.42 Å². The molecule has 1 aromatic rings. The summed E-state index contributed by atoms with van der Waals surface area (Å²) in [5, 5.41) is 5.27. The lowest BCUT2D eigenvalue weighted by Crippen LogP contribution is -2.17. The second kappa shape index (κ2) is 3.77. The van der Waals surface area contributed by atoms with Crippen molar-refractivity contribution in [3.05, 3.63) is 28.8 Å². The smallest absolute Gasteiger partial charge is 0.225 e. The number of primary sulfonamides is 1. The van der Waals surface area contributed by atoms with Crippen molar-refractivity contribution in [2.24, 2.45) is 5.14 Å². The van der Waals surface area contributed by atoms with Crippen LogP contribution in [0.2, 0.25) is 5.02 Å². The van der Waals surface area contributed by atoms with Gasteiger partial charge in [0.1, 0.15) is 4.90 Å². The molecule has 0 aliphatic carbocycles. The van der Waals surface area contributed by atoms with E-state index < -0.39 is 10.0 Å². The second-order valence-electron chi connectivity index (χ2n) is 4.41. The zero-order valence-electron chi connectivity index (χ0n) is 8.91. The fourth-order valence-electron chi connectivity index (χ4n) is 1.31. The fourth-order valence-corrected chi connectivity index (χ4v) is 2.67. The third kappa shape index (κ3) is 2.71. The van der Waals surface area contributed by atoms with Gasteiger partial charge in [-0.3, -0.25) is 0 Å². The summed E-state index contributed by atoms with van der Waals surface area (Å²) < 4.78 is 22.5. The molecule has 1 aromatic carbocycles. The Morgan fingerprint density at radius 1 is 1.27 bits per heavy atom. The van der Waals surface area contributed by atoms with Gasteiger partial charge in [-0.15, -0.1) is 0 Å². The average molecular weight is 248 g/mol. The molecule has 1 rings (SSSR count). The minimum absolute atomic E-state index is 0.0170. The van der Waals surface area contributed by atoms with Crippen LogP contribution in [0.5, 0.6) is 0 Å². The number of nitrogens with two attached hydrogens (primary N) is 1. The molecule has 0 fully saturated rings. The molecule has 0 amide bonds. The molecular weight excluding hydrogens is 234 g/mol. The molecule has 3 nitrogen and oxygen atoms in total. The van der Waals surface area contributed by atoms with Crippen molar-refractivity contribution >= 4 is 21.6 Å². The highest BCUT2D eigenvalue weighted by Gasteiger charge is 2.22. The zero-order chi connectivity index (χ0) is 11.9. The Morgan fingerprint density at radius 3 is 2.20 bits per heavy atom. The van der Waals surface area contributed by atoms with Gasteiger partial charge < -0.3 is 0 Å². The Labute approximate surface area is 95.3 Å². The SMILES string of the molecule is CC(C)(C)c1cccc(S(N)(=O)=O)c1Cl. The van der Waals surface area contributed by atoms with Crippen molar-refractivity contribution in [2.45, 2.75) is 31.1 Å². The lowest BCUT2D eigenvalue weighted by atomic mass is 9.87. The van der Waals surface area contributed by atoms with Crippen molar-refractivity contribution in [3.8, 4) is 0 Å². The van der Waals surface area contributed by atoms with Gasteiger partial charge in [0, 0.05) is 0 Å². The summed E-state index contributed by atoms with van der Waals surface area (Å²) in [6, 6.07) is 4.86. The van der Waals surface area contributed by atoms with Gasteiger partial charge in [0.15, 0.2) is 0 Å². The minimum atomic E-state index is -3.75. The van der Waals surface area contributed by atoms with E-state index in [2.05, 4.69) is 0 Å². The predicted octanol–water partition coefficient (Wildman–Crippen LogP) is 2.28. The lowest BCUT2D eigenvalue weighted by Gasteiger charge is -2.21. The van der Waals surface area contributed by atoms with Crippen LogP contribution in [0.3, 0.4) is 0 Å². The number of halogens is 1. The molecule has 0 aliphatic heterocycles. The van der Waals surface area contributed by atoms with Crippen LogP contribution in [0.1, 0.15) is 26.3 Å². The van der Waals surface area contributed by atoms with Gasteiger partial charge in [-0.05, 0) is 17.0 Å². The Kier molecular flexibility index (Phi) is 3.14. The third-order valence-electron chi connectivity index (χ3n) is 2.08. The molecule has 84 valence electrons. The molecule has 0 spiro atoms. The third-order valence-corrected chi connectivity index (χ3v) is 3.55. The van der Waals surface area contributed by atoms with Crippen LogP contribution in [0, 0.1) is 0 Å². The number of hydrogen-bond donors (Lipinski definition) is 1. The van der Waals surface area contributed by atoms with Crippen molar-refractivity contribution < 1.29 is 8.42 Å². The standard InChI is InChI=1S/C10H14ClNO2S/c1-10(2,3)7-5-4-6-8(9(7)11)15(12,13)14/h4-6H,1-3H3,(H2,12,13,14). The van der Waals surface area contributed by atoms with Crippen LogP contribution < -0.4 is 5.14 Å². The molecule has 0 aliphatic rings. The number of rotatable bonds is 1.